The maximum atomic E-state index is 5.59. The van der Waals surface area contributed by atoms with Crippen LogP contribution in [0.3, 0.4) is 0 Å². The Hall–Kier alpha value is 0.0400. The third-order valence-corrected chi connectivity index (χ3v) is 3.52. The Morgan fingerprint density at radius 2 is 1.71 bits per heavy atom. The van der Waals surface area contributed by atoms with Gasteiger partial charge in [-0.3, -0.25) is 0 Å². The Kier molecular flexibility index (Phi) is 7.37. The van der Waals surface area contributed by atoms with Crippen LogP contribution in [0, 0.1) is 5.92 Å². The fourth-order valence-corrected chi connectivity index (χ4v) is 2.69. The quantitative estimate of drug-likeness (QED) is 0.379. The third kappa shape index (κ3) is 6.49. The van der Waals surface area contributed by atoms with Crippen molar-refractivity contribution in [1.82, 2.24) is 0 Å². The van der Waals surface area contributed by atoms with Crippen LogP contribution in [0.15, 0.2) is 12.5 Å². The van der Waals surface area contributed by atoms with Gasteiger partial charge in [-0.25, -0.2) is 0 Å². The van der Waals surface area contributed by atoms with Crippen molar-refractivity contribution in [3.63, 3.8) is 0 Å². The molecule has 0 aromatic heterocycles. The van der Waals surface area contributed by atoms with Crippen molar-refractivity contribution in [2.45, 2.75) is 39.2 Å². The first-order valence-electron chi connectivity index (χ1n) is 4.69. The molecule has 0 heterocycles. The molecule has 0 aromatic carbocycles. The van der Waals surface area contributed by atoms with Gasteiger partial charge in [0, 0.05) is 5.92 Å². The van der Waals surface area contributed by atoms with E-state index in [1.165, 1.54) is 0 Å². The van der Waals surface area contributed by atoms with Gasteiger partial charge >= 0.3 is 0 Å². The highest BCUT2D eigenvalue weighted by Gasteiger charge is 2.16. The van der Waals surface area contributed by atoms with E-state index < -0.39 is 0 Å². The van der Waals surface area contributed by atoms with Gasteiger partial charge < -0.3 is 9.47 Å². The van der Waals surface area contributed by atoms with Gasteiger partial charge in [0.05, 0.1) is 6.10 Å². The molecule has 0 amide bonds. The zero-order chi connectivity index (χ0) is 11.1. The second-order valence-corrected chi connectivity index (χ2v) is 6.10. The van der Waals surface area contributed by atoms with Gasteiger partial charge in [0.25, 0.3) is 5.95 Å². The summed E-state index contributed by atoms with van der Waals surface area (Å²) in [5, 5.41) is 0. The van der Waals surface area contributed by atoms with Gasteiger partial charge in [0.15, 0.2) is 5.44 Å². The van der Waals surface area contributed by atoms with E-state index in [9.17, 15) is 0 Å². The molecule has 0 aliphatic carbocycles. The molecular weight excluding hydrogens is 216 g/mol. The molecule has 1 atom stereocenters. The van der Waals surface area contributed by atoms with Crippen molar-refractivity contribution in [1.29, 1.82) is 0 Å². The molecule has 84 valence electrons. The van der Waals surface area contributed by atoms with Crippen molar-refractivity contribution in [3.05, 3.63) is 12.5 Å². The van der Waals surface area contributed by atoms with Crippen LogP contribution >= 0.6 is 21.6 Å². The van der Waals surface area contributed by atoms with Gasteiger partial charge in [-0.1, -0.05) is 24.6 Å². The van der Waals surface area contributed by atoms with Crippen LogP contribution in [-0.2, 0) is 9.47 Å². The van der Waals surface area contributed by atoms with Crippen molar-refractivity contribution >= 4 is 21.6 Å². The Balaban J connectivity index is 3.96. The summed E-state index contributed by atoms with van der Waals surface area (Å²) in [5.74, 6) is 0.861. The molecule has 0 aliphatic heterocycles. The van der Waals surface area contributed by atoms with Crippen molar-refractivity contribution in [3.8, 4) is 0 Å². The zero-order valence-corrected chi connectivity index (χ0v) is 11.2. The highest BCUT2D eigenvalue weighted by Crippen LogP contribution is 2.31. The lowest BCUT2D eigenvalue weighted by molar-refractivity contribution is -0.0113. The average Bonchev–Trinajstić information content (AvgIpc) is 2.01. The predicted octanol–water partition coefficient (Wildman–Crippen LogP) is 3.89. The third-order valence-electron chi connectivity index (χ3n) is 1.35. The van der Waals surface area contributed by atoms with Crippen molar-refractivity contribution < 1.29 is 9.47 Å². The molecule has 0 fully saturated rings. The molecule has 1 unspecified atom stereocenters. The van der Waals surface area contributed by atoms with Gasteiger partial charge in [-0.05, 0) is 37.5 Å². The van der Waals surface area contributed by atoms with E-state index in [4.69, 9.17) is 9.47 Å². The maximum absolute atomic E-state index is 5.59. The van der Waals surface area contributed by atoms with E-state index in [1.807, 2.05) is 20.1 Å². The summed E-state index contributed by atoms with van der Waals surface area (Å²) in [4.78, 5) is 0. The molecule has 2 nitrogen and oxygen atoms in total. The SMILES string of the molecule is C=C(OC(C)C)OC(SSC)C(C)C. The highest BCUT2D eigenvalue weighted by atomic mass is 33.1. The Bertz CT molecular complexity index is 170. The lowest BCUT2D eigenvalue weighted by Crippen LogP contribution is -2.16. The van der Waals surface area contributed by atoms with Gasteiger partial charge in [0.1, 0.15) is 0 Å². The molecule has 0 N–H and O–H groups in total. The first kappa shape index (κ1) is 14.0. The van der Waals surface area contributed by atoms with E-state index in [-0.39, 0.29) is 11.5 Å². The van der Waals surface area contributed by atoms with Gasteiger partial charge in [-0.15, -0.1) is 0 Å². The van der Waals surface area contributed by atoms with Crippen LogP contribution in [0.4, 0.5) is 0 Å². The second kappa shape index (κ2) is 7.35. The van der Waals surface area contributed by atoms with Crippen molar-refractivity contribution in [2.75, 3.05) is 6.26 Å². The topological polar surface area (TPSA) is 18.5 Å². The summed E-state index contributed by atoms with van der Waals surface area (Å²) in [6, 6.07) is 0. The highest BCUT2D eigenvalue weighted by molar-refractivity contribution is 8.76. The minimum absolute atomic E-state index is 0.108. The summed E-state index contributed by atoms with van der Waals surface area (Å²) < 4.78 is 10.9. The normalized spacial score (nSPS) is 13.1. The van der Waals surface area contributed by atoms with Crippen LogP contribution in [0.2, 0.25) is 0 Å². The Labute approximate surface area is 95.2 Å². The number of hydrogen-bond acceptors (Lipinski definition) is 4. The van der Waals surface area contributed by atoms with Crippen LogP contribution in [0.5, 0.6) is 0 Å². The summed E-state index contributed by atoms with van der Waals surface area (Å²) >= 11 is 0. The summed E-state index contributed by atoms with van der Waals surface area (Å²) in [7, 11) is 3.39. The molecule has 0 aliphatic rings. The van der Waals surface area contributed by atoms with E-state index in [0.717, 1.165) is 0 Å². The monoisotopic (exact) mass is 236 g/mol. The van der Waals surface area contributed by atoms with Gasteiger partial charge in [0.2, 0.25) is 0 Å². The molecule has 14 heavy (non-hydrogen) atoms. The van der Waals surface area contributed by atoms with Crippen LogP contribution in [0.25, 0.3) is 0 Å². The molecule has 0 saturated heterocycles. The second-order valence-electron chi connectivity index (χ2n) is 3.53. The first-order valence-corrected chi connectivity index (χ1v) is 7.31. The molecule has 0 saturated carbocycles. The Morgan fingerprint density at radius 3 is 2.07 bits per heavy atom. The summed E-state index contributed by atoms with van der Waals surface area (Å²) in [6.45, 7) is 11.9. The van der Waals surface area contributed by atoms with E-state index in [0.29, 0.717) is 11.9 Å². The number of rotatable bonds is 7. The minimum Gasteiger partial charge on any atom is -0.463 e. The van der Waals surface area contributed by atoms with E-state index >= 15 is 0 Å². The van der Waals surface area contributed by atoms with Crippen LogP contribution in [-0.4, -0.2) is 17.8 Å². The first-order chi connectivity index (χ1) is 6.47. The molecule has 0 rings (SSSR count). The minimum atomic E-state index is 0.108. The largest absolute Gasteiger partial charge is 0.463 e. The van der Waals surface area contributed by atoms with Crippen LogP contribution < -0.4 is 0 Å². The fourth-order valence-electron chi connectivity index (χ4n) is 0.782. The molecule has 4 heteroatoms. The lowest BCUT2D eigenvalue weighted by Gasteiger charge is -2.22. The summed E-state index contributed by atoms with van der Waals surface area (Å²) in [5.41, 5.74) is 0.108. The van der Waals surface area contributed by atoms with E-state index in [2.05, 4.69) is 20.4 Å². The molecule has 0 bridgehead atoms. The zero-order valence-electron chi connectivity index (χ0n) is 9.57. The fraction of sp³-hybridized carbons (Fsp3) is 0.800. The molecule has 0 spiro atoms. The predicted molar refractivity (Wildman–Crippen MR) is 66.2 cm³/mol. The summed E-state index contributed by atoms with van der Waals surface area (Å²) in [6.07, 6.45) is 2.16. The Morgan fingerprint density at radius 1 is 1.14 bits per heavy atom. The van der Waals surface area contributed by atoms with E-state index in [1.54, 1.807) is 21.6 Å². The smallest absolute Gasteiger partial charge is 0.272 e. The molecule has 0 aromatic rings. The molecular formula is C10H20O2S2. The van der Waals surface area contributed by atoms with Crippen LogP contribution in [0.1, 0.15) is 27.7 Å². The lowest BCUT2D eigenvalue weighted by atomic mass is 10.2. The van der Waals surface area contributed by atoms with Gasteiger partial charge in [-0.2, -0.15) is 0 Å². The maximum Gasteiger partial charge on any atom is 0.272 e. The van der Waals surface area contributed by atoms with Crippen molar-refractivity contribution in [2.24, 2.45) is 5.92 Å². The standard InChI is InChI=1S/C10H20O2S2/c1-7(2)10(14-13-6)12-9(5)11-8(3)4/h7-8,10H,5H2,1-4,6H3. The average molecular weight is 236 g/mol. The number of hydrogen-bond donors (Lipinski definition) is 0. The molecule has 0 radical (unpaired) electrons. The number of ether oxygens (including phenoxy) is 2.